The summed E-state index contributed by atoms with van der Waals surface area (Å²) in [6.45, 7) is 5.26. The number of nitrogens with zero attached hydrogens (tertiary/aromatic N) is 4. The predicted octanol–water partition coefficient (Wildman–Crippen LogP) is 1.39. The summed E-state index contributed by atoms with van der Waals surface area (Å²) in [6.07, 6.45) is 10.3. The molecule has 2 N–H and O–H groups in total. The Bertz CT molecular complexity index is 405. The largest absolute Gasteiger partial charge is 0.355 e. The van der Waals surface area contributed by atoms with E-state index in [0.29, 0.717) is 6.54 Å². The quantitative estimate of drug-likeness (QED) is 0.903. The van der Waals surface area contributed by atoms with E-state index in [-0.39, 0.29) is 0 Å². The van der Waals surface area contributed by atoms with Crippen molar-refractivity contribution in [2.45, 2.75) is 44.7 Å². The van der Waals surface area contributed by atoms with Gasteiger partial charge in [0.25, 0.3) is 0 Å². The highest BCUT2D eigenvalue weighted by atomic mass is 15.2. The lowest BCUT2D eigenvalue weighted by Crippen LogP contribution is -2.47. The molecule has 2 fully saturated rings. The van der Waals surface area contributed by atoms with Crippen LogP contribution in [0.5, 0.6) is 0 Å². The normalized spacial score (nSPS) is 22.1. The van der Waals surface area contributed by atoms with E-state index in [9.17, 15) is 0 Å². The Kier molecular flexibility index (Phi) is 4.47. The summed E-state index contributed by atoms with van der Waals surface area (Å²) in [5, 5.41) is 0. The minimum atomic E-state index is 0.463. The van der Waals surface area contributed by atoms with E-state index in [1.165, 1.54) is 45.2 Å². The number of rotatable bonds is 3. The number of anilines is 1. The van der Waals surface area contributed by atoms with E-state index in [1.54, 1.807) is 6.20 Å². The molecule has 3 rings (SSSR count). The van der Waals surface area contributed by atoms with E-state index in [1.807, 2.05) is 6.20 Å². The fourth-order valence-electron chi connectivity index (χ4n) is 3.36. The lowest BCUT2D eigenvalue weighted by molar-refractivity contribution is 0.141. The van der Waals surface area contributed by atoms with E-state index < -0.39 is 0 Å². The van der Waals surface area contributed by atoms with Gasteiger partial charge in [0.1, 0.15) is 5.82 Å². The molecular weight excluding hydrogens is 250 g/mol. The number of nitrogens with two attached hydrogens (primary N) is 1. The third-order valence-electron chi connectivity index (χ3n) is 4.60. The van der Waals surface area contributed by atoms with Gasteiger partial charge in [-0.15, -0.1) is 0 Å². The minimum Gasteiger partial charge on any atom is -0.355 e. The Morgan fingerprint density at radius 2 is 1.75 bits per heavy atom. The summed E-state index contributed by atoms with van der Waals surface area (Å²) in [5.41, 5.74) is 6.42. The van der Waals surface area contributed by atoms with E-state index >= 15 is 0 Å². The molecule has 0 amide bonds. The van der Waals surface area contributed by atoms with Gasteiger partial charge in [-0.05, 0) is 38.8 Å². The van der Waals surface area contributed by atoms with Gasteiger partial charge in [0.15, 0.2) is 0 Å². The van der Waals surface area contributed by atoms with Gasteiger partial charge in [-0.1, -0.05) is 6.42 Å². The van der Waals surface area contributed by atoms with E-state index in [0.717, 1.165) is 30.6 Å². The van der Waals surface area contributed by atoms with Crippen LogP contribution in [-0.4, -0.2) is 47.1 Å². The molecule has 1 aromatic rings. The number of hydrogen-bond acceptors (Lipinski definition) is 5. The molecule has 1 aromatic heterocycles. The molecule has 0 radical (unpaired) electrons. The van der Waals surface area contributed by atoms with Crippen LogP contribution < -0.4 is 10.6 Å². The summed E-state index contributed by atoms with van der Waals surface area (Å²) < 4.78 is 0. The van der Waals surface area contributed by atoms with Crippen molar-refractivity contribution in [2.75, 3.05) is 31.1 Å². The molecule has 2 aliphatic rings. The molecule has 0 unspecified atom stereocenters. The zero-order valence-electron chi connectivity index (χ0n) is 12.2. The Hall–Kier alpha value is -1.20. The summed E-state index contributed by atoms with van der Waals surface area (Å²) in [7, 11) is 0. The van der Waals surface area contributed by atoms with Crippen LogP contribution in [0.1, 0.15) is 37.8 Å². The first-order valence-electron chi connectivity index (χ1n) is 7.87. The zero-order valence-corrected chi connectivity index (χ0v) is 12.2. The van der Waals surface area contributed by atoms with Crippen molar-refractivity contribution in [3.05, 3.63) is 18.1 Å². The Morgan fingerprint density at radius 1 is 1.00 bits per heavy atom. The van der Waals surface area contributed by atoms with Gasteiger partial charge in [0, 0.05) is 25.7 Å². The average molecular weight is 275 g/mol. The number of aromatic nitrogens is 2. The second-order valence-electron chi connectivity index (χ2n) is 5.88. The standard InChI is InChI=1S/C15H25N5/c16-10-13-11-18-15(12-17-13)20-8-4-14(5-9-20)19-6-2-1-3-7-19/h11-12,14H,1-10,16H2. The maximum absolute atomic E-state index is 5.56. The van der Waals surface area contributed by atoms with Crippen molar-refractivity contribution < 1.29 is 0 Å². The van der Waals surface area contributed by atoms with Gasteiger partial charge in [0.05, 0.1) is 18.1 Å². The molecule has 2 saturated heterocycles. The van der Waals surface area contributed by atoms with Crippen molar-refractivity contribution in [1.82, 2.24) is 14.9 Å². The summed E-state index contributed by atoms with van der Waals surface area (Å²) >= 11 is 0. The second kappa shape index (κ2) is 6.50. The smallest absolute Gasteiger partial charge is 0.147 e. The van der Waals surface area contributed by atoms with Crippen LogP contribution in [0.15, 0.2) is 12.4 Å². The topological polar surface area (TPSA) is 58.3 Å². The second-order valence-corrected chi connectivity index (χ2v) is 5.88. The summed E-state index contributed by atoms with van der Waals surface area (Å²) in [5.74, 6) is 0.999. The van der Waals surface area contributed by atoms with Crippen molar-refractivity contribution in [3.8, 4) is 0 Å². The van der Waals surface area contributed by atoms with Crippen LogP contribution in [0.2, 0.25) is 0 Å². The fraction of sp³-hybridized carbons (Fsp3) is 0.733. The molecule has 3 heterocycles. The Balaban J connectivity index is 1.54. The molecule has 0 aliphatic carbocycles. The number of hydrogen-bond donors (Lipinski definition) is 1. The first-order chi connectivity index (χ1) is 9.86. The SMILES string of the molecule is NCc1cnc(N2CCC(N3CCCCC3)CC2)cn1. The monoisotopic (exact) mass is 275 g/mol. The fourth-order valence-corrected chi connectivity index (χ4v) is 3.36. The summed E-state index contributed by atoms with van der Waals surface area (Å²) in [6, 6.07) is 0.780. The van der Waals surface area contributed by atoms with Crippen LogP contribution in [-0.2, 0) is 6.54 Å². The average Bonchev–Trinajstić information content (AvgIpc) is 2.56. The van der Waals surface area contributed by atoms with Crippen LogP contribution in [0.3, 0.4) is 0 Å². The van der Waals surface area contributed by atoms with Gasteiger partial charge in [-0.25, -0.2) is 4.98 Å². The highest BCUT2D eigenvalue weighted by Gasteiger charge is 2.26. The molecule has 0 bridgehead atoms. The molecule has 5 nitrogen and oxygen atoms in total. The number of piperidine rings is 2. The van der Waals surface area contributed by atoms with Crippen LogP contribution in [0.4, 0.5) is 5.82 Å². The first-order valence-corrected chi connectivity index (χ1v) is 7.87. The maximum Gasteiger partial charge on any atom is 0.147 e. The van der Waals surface area contributed by atoms with Crippen molar-refractivity contribution in [3.63, 3.8) is 0 Å². The lowest BCUT2D eigenvalue weighted by atomic mass is 10.00. The summed E-state index contributed by atoms with van der Waals surface area (Å²) in [4.78, 5) is 13.9. The molecule has 110 valence electrons. The third kappa shape index (κ3) is 3.10. The molecule has 0 spiro atoms. The van der Waals surface area contributed by atoms with Crippen LogP contribution >= 0.6 is 0 Å². The molecular formula is C15H25N5. The molecule has 0 saturated carbocycles. The molecule has 0 aromatic carbocycles. The molecule has 2 aliphatic heterocycles. The lowest BCUT2D eigenvalue weighted by Gasteiger charge is -2.40. The van der Waals surface area contributed by atoms with Crippen molar-refractivity contribution >= 4 is 5.82 Å². The highest BCUT2D eigenvalue weighted by molar-refractivity contribution is 5.36. The van der Waals surface area contributed by atoms with Crippen molar-refractivity contribution in [1.29, 1.82) is 0 Å². The van der Waals surface area contributed by atoms with Gasteiger partial charge < -0.3 is 15.5 Å². The van der Waals surface area contributed by atoms with Crippen molar-refractivity contribution in [2.24, 2.45) is 5.73 Å². The molecule has 5 heteroatoms. The predicted molar refractivity (Wildman–Crippen MR) is 80.6 cm³/mol. The minimum absolute atomic E-state index is 0.463. The highest BCUT2D eigenvalue weighted by Crippen LogP contribution is 2.23. The zero-order chi connectivity index (χ0) is 13.8. The first kappa shape index (κ1) is 13.8. The Labute approximate surface area is 121 Å². The van der Waals surface area contributed by atoms with E-state index in [4.69, 9.17) is 5.73 Å². The van der Waals surface area contributed by atoms with Gasteiger partial charge in [-0.3, -0.25) is 4.98 Å². The molecule has 0 atom stereocenters. The number of likely N-dealkylation sites (tertiary alicyclic amines) is 1. The maximum atomic E-state index is 5.56. The molecule has 20 heavy (non-hydrogen) atoms. The van der Waals surface area contributed by atoms with Gasteiger partial charge >= 0.3 is 0 Å². The van der Waals surface area contributed by atoms with E-state index in [2.05, 4.69) is 19.8 Å². The van der Waals surface area contributed by atoms with Gasteiger partial charge in [0.2, 0.25) is 0 Å². The van der Waals surface area contributed by atoms with Crippen LogP contribution in [0, 0.1) is 0 Å². The van der Waals surface area contributed by atoms with Gasteiger partial charge in [-0.2, -0.15) is 0 Å². The Morgan fingerprint density at radius 3 is 2.35 bits per heavy atom. The van der Waals surface area contributed by atoms with Crippen LogP contribution in [0.25, 0.3) is 0 Å². The third-order valence-corrected chi connectivity index (χ3v) is 4.60.